The van der Waals surface area contributed by atoms with Crippen molar-refractivity contribution in [3.05, 3.63) is 68.7 Å². The zero-order valence-corrected chi connectivity index (χ0v) is 13.0. The summed E-state index contributed by atoms with van der Waals surface area (Å²) in [5, 5.41) is 1.78. The summed E-state index contributed by atoms with van der Waals surface area (Å²) < 4.78 is 12.1. The highest BCUT2D eigenvalue weighted by Gasteiger charge is 2.10. The van der Waals surface area contributed by atoms with Crippen molar-refractivity contribution < 1.29 is 4.21 Å². The fourth-order valence-electron chi connectivity index (χ4n) is 1.65. The predicted molar refractivity (Wildman–Crippen MR) is 83.5 cm³/mol. The van der Waals surface area contributed by atoms with E-state index >= 15 is 0 Å². The van der Waals surface area contributed by atoms with E-state index < -0.39 is 10.8 Å². The Kier molecular flexibility index (Phi) is 5.28. The minimum atomic E-state index is -1.06. The lowest BCUT2D eigenvalue weighted by molar-refractivity contribution is 0.682. The molecule has 0 N–H and O–H groups in total. The van der Waals surface area contributed by atoms with E-state index in [1.165, 1.54) is 0 Å². The zero-order chi connectivity index (χ0) is 13.8. The third-order valence-electron chi connectivity index (χ3n) is 2.61. The van der Waals surface area contributed by atoms with Crippen molar-refractivity contribution in [3.63, 3.8) is 0 Å². The minimum Gasteiger partial charge on any atom is -0.259 e. The minimum absolute atomic E-state index is 0.348. The molecule has 19 heavy (non-hydrogen) atoms. The summed E-state index contributed by atoms with van der Waals surface area (Å²) in [6, 6.07) is 12.6. The summed E-state index contributed by atoms with van der Waals surface area (Å²) in [5.41, 5.74) is 1.71. The fraction of sp³-hybridized carbons (Fsp3) is 0.143. The standard InChI is InChI=1S/C14H11Cl3OS/c15-11-6-4-10(5-7-11)8-19(18)9-12-13(16)2-1-3-14(12)17/h1-7H,8-9H2/t19-/m0/s1. The van der Waals surface area contributed by atoms with Crippen molar-refractivity contribution in [1.29, 1.82) is 0 Å². The molecule has 1 atom stereocenters. The Bertz CT molecular complexity index is 576. The maximum absolute atomic E-state index is 12.1. The second-order valence-corrected chi connectivity index (χ2v) is 6.76. The van der Waals surface area contributed by atoms with Gasteiger partial charge in [-0.1, -0.05) is 53.0 Å². The number of benzene rings is 2. The SMILES string of the molecule is O=[S@@](Cc1ccc(Cl)cc1)Cc1c(Cl)cccc1Cl. The Morgan fingerprint density at radius 3 is 2.00 bits per heavy atom. The van der Waals surface area contributed by atoms with E-state index in [0.717, 1.165) is 11.1 Å². The average Bonchev–Trinajstić information content (AvgIpc) is 2.37. The van der Waals surface area contributed by atoms with Crippen molar-refractivity contribution in [3.8, 4) is 0 Å². The first-order chi connectivity index (χ1) is 9.06. The maximum atomic E-state index is 12.1. The van der Waals surface area contributed by atoms with E-state index in [1.54, 1.807) is 30.3 Å². The van der Waals surface area contributed by atoms with Gasteiger partial charge in [0.15, 0.2) is 0 Å². The van der Waals surface area contributed by atoms with Crippen LogP contribution >= 0.6 is 34.8 Å². The van der Waals surface area contributed by atoms with Crippen LogP contribution in [-0.2, 0) is 22.3 Å². The molecule has 0 aliphatic carbocycles. The lowest BCUT2D eigenvalue weighted by atomic mass is 10.2. The van der Waals surface area contributed by atoms with Gasteiger partial charge >= 0.3 is 0 Å². The van der Waals surface area contributed by atoms with Crippen LogP contribution in [0.15, 0.2) is 42.5 Å². The number of rotatable bonds is 4. The normalized spacial score (nSPS) is 12.4. The first-order valence-corrected chi connectivity index (χ1v) is 8.21. The van der Waals surface area contributed by atoms with Crippen LogP contribution in [0.4, 0.5) is 0 Å². The van der Waals surface area contributed by atoms with Gasteiger partial charge in [-0.15, -0.1) is 0 Å². The first-order valence-electron chi connectivity index (χ1n) is 5.58. The largest absolute Gasteiger partial charge is 0.259 e. The van der Waals surface area contributed by atoms with Crippen LogP contribution in [0.3, 0.4) is 0 Å². The highest BCUT2D eigenvalue weighted by molar-refractivity contribution is 7.83. The van der Waals surface area contributed by atoms with Crippen LogP contribution < -0.4 is 0 Å². The molecule has 0 saturated carbocycles. The lowest BCUT2D eigenvalue weighted by Gasteiger charge is -2.07. The van der Waals surface area contributed by atoms with Gasteiger partial charge < -0.3 is 0 Å². The molecule has 1 nitrogen and oxygen atoms in total. The molecule has 2 aromatic carbocycles. The Morgan fingerprint density at radius 1 is 0.842 bits per heavy atom. The Hall–Kier alpha value is -0.540. The van der Waals surface area contributed by atoms with Crippen LogP contribution in [0.5, 0.6) is 0 Å². The van der Waals surface area contributed by atoms with Crippen molar-refractivity contribution in [2.45, 2.75) is 11.5 Å². The summed E-state index contributed by atoms with van der Waals surface area (Å²) in [4.78, 5) is 0. The molecule has 5 heteroatoms. The summed E-state index contributed by atoms with van der Waals surface area (Å²) in [6.45, 7) is 0. The molecule has 0 aliphatic heterocycles. The van der Waals surface area contributed by atoms with Crippen LogP contribution in [-0.4, -0.2) is 4.21 Å². The lowest BCUT2D eigenvalue weighted by Crippen LogP contribution is -2.00. The van der Waals surface area contributed by atoms with Gasteiger partial charge in [0.1, 0.15) is 0 Å². The molecule has 0 radical (unpaired) electrons. The number of halogens is 3. The highest BCUT2D eigenvalue weighted by atomic mass is 35.5. The van der Waals surface area contributed by atoms with E-state index in [-0.39, 0.29) is 0 Å². The second kappa shape index (κ2) is 6.76. The van der Waals surface area contributed by atoms with Gasteiger partial charge in [0.2, 0.25) is 0 Å². The van der Waals surface area contributed by atoms with Gasteiger partial charge in [-0.25, -0.2) is 0 Å². The molecule has 2 rings (SSSR count). The molecule has 0 bridgehead atoms. The molecule has 0 unspecified atom stereocenters. The molecule has 0 heterocycles. The summed E-state index contributed by atoms with van der Waals surface area (Å²) in [6.07, 6.45) is 0. The summed E-state index contributed by atoms with van der Waals surface area (Å²) in [7, 11) is -1.06. The molecule has 0 aromatic heterocycles. The number of hydrogen-bond donors (Lipinski definition) is 0. The molecule has 2 aromatic rings. The molecular formula is C14H11Cl3OS. The molecule has 0 saturated heterocycles. The van der Waals surface area contributed by atoms with Crippen LogP contribution in [0.25, 0.3) is 0 Å². The van der Waals surface area contributed by atoms with Crippen molar-refractivity contribution >= 4 is 45.6 Å². The zero-order valence-electron chi connectivity index (χ0n) is 9.91. The third kappa shape index (κ3) is 4.22. The molecule has 0 spiro atoms. The van der Waals surface area contributed by atoms with E-state index in [1.807, 2.05) is 12.1 Å². The molecular weight excluding hydrogens is 323 g/mol. The van der Waals surface area contributed by atoms with Gasteiger partial charge in [0.05, 0.1) is 5.75 Å². The topological polar surface area (TPSA) is 17.1 Å². The van der Waals surface area contributed by atoms with Gasteiger partial charge in [0, 0.05) is 37.2 Å². The summed E-state index contributed by atoms with van der Waals surface area (Å²) in [5.74, 6) is 0.805. The van der Waals surface area contributed by atoms with E-state index in [2.05, 4.69) is 0 Å². The molecule has 100 valence electrons. The van der Waals surface area contributed by atoms with Crippen molar-refractivity contribution in [2.24, 2.45) is 0 Å². The van der Waals surface area contributed by atoms with Crippen LogP contribution in [0, 0.1) is 0 Å². The van der Waals surface area contributed by atoms with Crippen LogP contribution in [0.2, 0.25) is 15.1 Å². The van der Waals surface area contributed by atoms with E-state index in [9.17, 15) is 4.21 Å². The molecule has 0 fully saturated rings. The van der Waals surface area contributed by atoms with E-state index in [0.29, 0.717) is 26.6 Å². The van der Waals surface area contributed by atoms with Crippen molar-refractivity contribution in [1.82, 2.24) is 0 Å². The Morgan fingerprint density at radius 2 is 1.42 bits per heavy atom. The second-order valence-electron chi connectivity index (χ2n) is 4.06. The van der Waals surface area contributed by atoms with Gasteiger partial charge in [-0.2, -0.15) is 0 Å². The fourth-order valence-corrected chi connectivity index (χ4v) is 3.76. The van der Waals surface area contributed by atoms with E-state index in [4.69, 9.17) is 34.8 Å². The molecule has 0 amide bonds. The molecule has 0 aliphatic rings. The quantitative estimate of drug-likeness (QED) is 0.761. The van der Waals surface area contributed by atoms with Gasteiger partial charge in [-0.3, -0.25) is 4.21 Å². The number of hydrogen-bond acceptors (Lipinski definition) is 1. The summed E-state index contributed by atoms with van der Waals surface area (Å²) >= 11 is 17.9. The van der Waals surface area contributed by atoms with Crippen LogP contribution in [0.1, 0.15) is 11.1 Å². The average molecular weight is 334 g/mol. The predicted octanol–water partition coefficient (Wildman–Crippen LogP) is 5.10. The highest BCUT2D eigenvalue weighted by Crippen LogP contribution is 2.26. The third-order valence-corrected chi connectivity index (χ3v) is 4.83. The Labute approximate surface area is 130 Å². The maximum Gasteiger partial charge on any atom is 0.0518 e. The first kappa shape index (κ1) is 14.9. The van der Waals surface area contributed by atoms with Gasteiger partial charge in [-0.05, 0) is 29.8 Å². The monoisotopic (exact) mass is 332 g/mol. The van der Waals surface area contributed by atoms with Crippen molar-refractivity contribution in [2.75, 3.05) is 0 Å². The Balaban J connectivity index is 2.07. The van der Waals surface area contributed by atoms with Gasteiger partial charge in [0.25, 0.3) is 0 Å². The smallest absolute Gasteiger partial charge is 0.0518 e.